The molecular formula is C16H24BNO4. The summed E-state index contributed by atoms with van der Waals surface area (Å²) in [4.78, 5) is 12.1. The molecule has 1 aliphatic rings. The van der Waals surface area contributed by atoms with Gasteiger partial charge >= 0.3 is 7.12 Å². The van der Waals surface area contributed by atoms with Crippen molar-refractivity contribution in [3.63, 3.8) is 0 Å². The van der Waals surface area contributed by atoms with Crippen molar-refractivity contribution in [2.45, 2.75) is 45.8 Å². The fraction of sp³-hybridized carbons (Fsp3) is 0.562. The first-order chi connectivity index (χ1) is 10.2. The molecule has 0 atom stereocenters. The van der Waals surface area contributed by atoms with Gasteiger partial charge in [-0.15, -0.1) is 0 Å². The molecule has 0 aromatic heterocycles. The van der Waals surface area contributed by atoms with E-state index < -0.39 is 18.3 Å². The number of hydrogen-bond acceptors (Lipinski definition) is 4. The third-order valence-electron chi connectivity index (χ3n) is 4.29. The summed E-state index contributed by atoms with van der Waals surface area (Å²) < 4.78 is 17.4. The van der Waals surface area contributed by atoms with Crippen LogP contribution in [0, 0.1) is 0 Å². The van der Waals surface area contributed by atoms with E-state index in [1.54, 1.807) is 19.2 Å². The molecule has 120 valence electrons. The van der Waals surface area contributed by atoms with Gasteiger partial charge < -0.3 is 19.4 Å². The normalized spacial score (nSPS) is 19.1. The second-order valence-electron chi connectivity index (χ2n) is 6.44. The second kappa shape index (κ2) is 5.93. The van der Waals surface area contributed by atoms with Gasteiger partial charge in [-0.2, -0.15) is 0 Å². The number of carbonyl (C=O) groups is 1. The molecule has 1 aromatic carbocycles. The molecule has 6 heteroatoms. The summed E-state index contributed by atoms with van der Waals surface area (Å²) in [6.45, 7) is 10.4. The number of carbonyl (C=O) groups excluding carboxylic acids is 1. The molecular weight excluding hydrogens is 281 g/mol. The van der Waals surface area contributed by atoms with Gasteiger partial charge in [0.05, 0.1) is 18.3 Å². The summed E-state index contributed by atoms with van der Waals surface area (Å²) >= 11 is 0. The topological polar surface area (TPSA) is 56.8 Å². The molecule has 1 fully saturated rings. The summed E-state index contributed by atoms with van der Waals surface area (Å²) in [6.07, 6.45) is 0. The lowest BCUT2D eigenvalue weighted by atomic mass is 9.78. The molecule has 1 aliphatic heterocycles. The van der Waals surface area contributed by atoms with Crippen molar-refractivity contribution in [3.05, 3.63) is 23.8 Å². The Bertz CT molecular complexity index is 555. The largest absolute Gasteiger partial charge is 0.497 e. The highest BCUT2D eigenvalue weighted by molar-refractivity contribution is 6.62. The van der Waals surface area contributed by atoms with Crippen LogP contribution in [0.3, 0.4) is 0 Å². The molecule has 2 rings (SSSR count). The summed E-state index contributed by atoms with van der Waals surface area (Å²) in [5, 5.41) is 2.79. The highest BCUT2D eigenvalue weighted by atomic mass is 16.7. The lowest BCUT2D eigenvalue weighted by molar-refractivity contribution is 0.00578. The smallest absolute Gasteiger partial charge is 0.494 e. The molecule has 0 bridgehead atoms. The van der Waals surface area contributed by atoms with Crippen molar-refractivity contribution >= 4 is 18.5 Å². The van der Waals surface area contributed by atoms with Crippen molar-refractivity contribution in [1.82, 2.24) is 5.32 Å². The van der Waals surface area contributed by atoms with Crippen LogP contribution in [-0.2, 0) is 9.31 Å². The molecule has 0 radical (unpaired) electrons. The molecule has 0 saturated carbocycles. The zero-order valence-corrected chi connectivity index (χ0v) is 14.1. The Morgan fingerprint density at radius 3 is 2.27 bits per heavy atom. The van der Waals surface area contributed by atoms with Crippen LogP contribution < -0.4 is 15.5 Å². The molecule has 1 aromatic rings. The number of hydrogen-bond donors (Lipinski definition) is 1. The Labute approximate surface area is 132 Å². The maximum atomic E-state index is 12.1. The number of methoxy groups -OCH3 is 1. The minimum Gasteiger partial charge on any atom is -0.497 e. The summed E-state index contributed by atoms with van der Waals surface area (Å²) in [7, 11) is 1.05. The number of amides is 1. The average molecular weight is 305 g/mol. The van der Waals surface area contributed by atoms with Gasteiger partial charge in [-0.3, -0.25) is 4.79 Å². The zero-order valence-electron chi connectivity index (χ0n) is 14.1. The molecule has 0 spiro atoms. The number of nitrogens with one attached hydrogen (secondary N) is 1. The predicted molar refractivity (Wildman–Crippen MR) is 86.7 cm³/mol. The van der Waals surface area contributed by atoms with Gasteiger partial charge in [-0.25, -0.2) is 0 Å². The van der Waals surface area contributed by atoms with Crippen molar-refractivity contribution in [2.24, 2.45) is 0 Å². The molecule has 1 amide bonds. The van der Waals surface area contributed by atoms with E-state index in [-0.39, 0.29) is 5.91 Å². The van der Waals surface area contributed by atoms with Gasteiger partial charge in [0.15, 0.2) is 0 Å². The first-order valence-electron chi connectivity index (χ1n) is 7.53. The van der Waals surface area contributed by atoms with Crippen LogP contribution >= 0.6 is 0 Å². The lowest BCUT2D eigenvalue weighted by Gasteiger charge is -2.32. The fourth-order valence-electron chi connectivity index (χ4n) is 2.25. The van der Waals surface area contributed by atoms with Crippen LogP contribution in [0.25, 0.3) is 0 Å². The Hall–Kier alpha value is -1.53. The van der Waals surface area contributed by atoms with E-state index >= 15 is 0 Å². The minimum absolute atomic E-state index is 0.140. The maximum absolute atomic E-state index is 12.1. The zero-order chi connectivity index (χ0) is 16.5. The molecule has 1 heterocycles. The minimum atomic E-state index is -0.520. The molecule has 1 saturated heterocycles. The van der Waals surface area contributed by atoms with Crippen LogP contribution in [-0.4, -0.2) is 37.9 Å². The Balaban J connectivity index is 2.36. The quantitative estimate of drug-likeness (QED) is 0.861. The maximum Gasteiger partial charge on any atom is 0.494 e. The van der Waals surface area contributed by atoms with Crippen molar-refractivity contribution in [1.29, 1.82) is 0 Å². The number of benzene rings is 1. The van der Waals surface area contributed by atoms with E-state index in [1.165, 1.54) is 0 Å². The van der Waals surface area contributed by atoms with Gasteiger partial charge in [-0.1, -0.05) is 0 Å². The van der Waals surface area contributed by atoms with Gasteiger partial charge in [0.1, 0.15) is 5.75 Å². The van der Waals surface area contributed by atoms with Crippen molar-refractivity contribution < 1.29 is 18.8 Å². The predicted octanol–water partition coefficient (Wildman–Crippen LogP) is 1.74. The Morgan fingerprint density at radius 1 is 1.18 bits per heavy atom. The van der Waals surface area contributed by atoms with Gasteiger partial charge in [-0.05, 0) is 58.3 Å². The van der Waals surface area contributed by atoms with Crippen molar-refractivity contribution in [2.75, 3.05) is 13.7 Å². The third-order valence-corrected chi connectivity index (χ3v) is 4.29. The fourth-order valence-corrected chi connectivity index (χ4v) is 2.25. The van der Waals surface area contributed by atoms with E-state index in [9.17, 15) is 4.79 Å². The standard InChI is InChI=1S/C16H24BNO4/c1-7-18-14(19)11-8-12(10-13(9-11)20-6)17-21-15(2,3)16(4,5)22-17/h8-10H,7H2,1-6H3,(H,18,19). The first kappa shape index (κ1) is 16.8. The number of rotatable bonds is 4. The van der Waals surface area contributed by atoms with E-state index in [2.05, 4.69) is 5.32 Å². The van der Waals surface area contributed by atoms with Crippen LogP contribution in [0.2, 0.25) is 0 Å². The van der Waals surface area contributed by atoms with Gasteiger partial charge in [0.25, 0.3) is 5.91 Å². The summed E-state index contributed by atoms with van der Waals surface area (Å²) in [6, 6.07) is 5.33. The van der Waals surface area contributed by atoms with E-state index in [1.807, 2.05) is 40.7 Å². The summed E-state index contributed by atoms with van der Waals surface area (Å²) in [5.74, 6) is 0.465. The SMILES string of the molecule is CCNC(=O)c1cc(OC)cc(B2OC(C)(C)C(C)(C)O2)c1. The van der Waals surface area contributed by atoms with Gasteiger partial charge in [0, 0.05) is 12.1 Å². The van der Waals surface area contributed by atoms with Crippen LogP contribution in [0.1, 0.15) is 45.0 Å². The first-order valence-corrected chi connectivity index (χ1v) is 7.53. The van der Waals surface area contributed by atoms with Gasteiger partial charge in [0.2, 0.25) is 0 Å². The van der Waals surface area contributed by atoms with Crippen LogP contribution in [0.5, 0.6) is 5.75 Å². The molecule has 1 N–H and O–H groups in total. The van der Waals surface area contributed by atoms with Crippen molar-refractivity contribution in [3.8, 4) is 5.75 Å². The molecule has 22 heavy (non-hydrogen) atoms. The summed E-state index contributed by atoms with van der Waals surface area (Å²) in [5.41, 5.74) is 0.462. The highest BCUT2D eigenvalue weighted by Crippen LogP contribution is 2.36. The van der Waals surface area contributed by atoms with Crippen LogP contribution in [0.15, 0.2) is 18.2 Å². The molecule has 5 nitrogen and oxygen atoms in total. The monoisotopic (exact) mass is 305 g/mol. The van der Waals surface area contributed by atoms with E-state index in [4.69, 9.17) is 14.0 Å². The van der Waals surface area contributed by atoms with E-state index in [0.717, 1.165) is 5.46 Å². The Morgan fingerprint density at radius 2 is 1.77 bits per heavy atom. The third kappa shape index (κ3) is 3.13. The number of ether oxygens (including phenoxy) is 1. The van der Waals surface area contributed by atoms with Crippen LogP contribution in [0.4, 0.5) is 0 Å². The second-order valence-corrected chi connectivity index (χ2v) is 6.44. The lowest BCUT2D eigenvalue weighted by Crippen LogP contribution is -2.41. The Kier molecular flexibility index (Phi) is 4.54. The van der Waals surface area contributed by atoms with E-state index in [0.29, 0.717) is 17.9 Å². The average Bonchev–Trinajstić information content (AvgIpc) is 2.67. The molecule has 0 unspecified atom stereocenters. The highest BCUT2D eigenvalue weighted by Gasteiger charge is 2.51. The molecule has 0 aliphatic carbocycles.